The number of ether oxygens (including phenoxy) is 3. The molecular weight excluding hydrogens is 254 g/mol. The number of methoxy groups -OCH3 is 3. The molecule has 0 saturated heterocycles. The van der Waals surface area contributed by atoms with Gasteiger partial charge in [-0.3, -0.25) is 0 Å². The first-order chi connectivity index (χ1) is 9.60. The van der Waals surface area contributed by atoms with Crippen molar-refractivity contribution in [2.45, 2.75) is 39.3 Å². The van der Waals surface area contributed by atoms with Gasteiger partial charge in [0, 0.05) is 18.2 Å². The van der Waals surface area contributed by atoms with E-state index in [2.05, 4.69) is 25.2 Å². The lowest BCUT2D eigenvalue weighted by Gasteiger charge is -2.29. The fourth-order valence-electron chi connectivity index (χ4n) is 2.96. The van der Waals surface area contributed by atoms with E-state index in [9.17, 15) is 0 Å². The smallest absolute Gasteiger partial charge is 0.203 e. The van der Waals surface area contributed by atoms with Gasteiger partial charge in [-0.1, -0.05) is 13.8 Å². The predicted molar refractivity (Wildman–Crippen MR) is 79.9 cm³/mol. The largest absolute Gasteiger partial charge is 0.493 e. The van der Waals surface area contributed by atoms with Crippen LogP contribution in [0.25, 0.3) is 0 Å². The number of hydrogen-bond acceptors (Lipinski definition) is 4. The van der Waals surface area contributed by atoms with Gasteiger partial charge in [0.1, 0.15) is 0 Å². The van der Waals surface area contributed by atoms with E-state index in [-0.39, 0.29) is 0 Å². The van der Waals surface area contributed by atoms with Crippen LogP contribution in [0.3, 0.4) is 0 Å². The highest BCUT2D eigenvalue weighted by atomic mass is 16.5. The van der Waals surface area contributed by atoms with E-state index in [1.165, 1.54) is 17.5 Å². The van der Waals surface area contributed by atoms with Crippen LogP contribution in [0.2, 0.25) is 0 Å². The summed E-state index contributed by atoms with van der Waals surface area (Å²) < 4.78 is 16.4. The van der Waals surface area contributed by atoms with E-state index < -0.39 is 0 Å². The maximum atomic E-state index is 5.55. The van der Waals surface area contributed by atoms with E-state index in [1.807, 2.05) is 0 Å². The van der Waals surface area contributed by atoms with Crippen molar-refractivity contribution in [3.05, 3.63) is 17.2 Å². The van der Waals surface area contributed by atoms with Crippen LogP contribution in [0.15, 0.2) is 6.07 Å². The average Bonchev–Trinajstić information content (AvgIpc) is 2.44. The molecule has 1 atom stereocenters. The van der Waals surface area contributed by atoms with Crippen molar-refractivity contribution in [1.29, 1.82) is 0 Å². The molecule has 1 N–H and O–H groups in total. The third-order valence-electron chi connectivity index (χ3n) is 3.81. The van der Waals surface area contributed by atoms with E-state index in [1.54, 1.807) is 21.3 Å². The van der Waals surface area contributed by atoms with Crippen LogP contribution >= 0.6 is 0 Å². The molecule has 4 heteroatoms. The van der Waals surface area contributed by atoms with Crippen molar-refractivity contribution >= 4 is 0 Å². The Morgan fingerprint density at radius 2 is 1.85 bits per heavy atom. The van der Waals surface area contributed by atoms with Gasteiger partial charge in [-0.05, 0) is 30.4 Å². The van der Waals surface area contributed by atoms with Gasteiger partial charge in [-0.15, -0.1) is 0 Å². The minimum absolute atomic E-state index is 0.519. The molecule has 1 aliphatic heterocycles. The van der Waals surface area contributed by atoms with Gasteiger partial charge >= 0.3 is 0 Å². The number of benzene rings is 1. The molecule has 1 unspecified atom stereocenters. The molecule has 2 rings (SSSR count). The Morgan fingerprint density at radius 3 is 2.40 bits per heavy atom. The molecule has 4 nitrogen and oxygen atoms in total. The second kappa shape index (κ2) is 6.35. The van der Waals surface area contributed by atoms with Gasteiger partial charge in [-0.2, -0.15) is 0 Å². The van der Waals surface area contributed by atoms with Gasteiger partial charge in [0.25, 0.3) is 0 Å². The zero-order valence-electron chi connectivity index (χ0n) is 13.1. The van der Waals surface area contributed by atoms with E-state index in [0.717, 1.165) is 24.5 Å². The fourth-order valence-corrected chi connectivity index (χ4v) is 2.96. The number of hydrogen-bond donors (Lipinski definition) is 1. The number of rotatable bonds is 5. The second-order valence-corrected chi connectivity index (χ2v) is 5.69. The first-order valence-electron chi connectivity index (χ1n) is 7.14. The van der Waals surface area contributed by atoms with Gasteiger partial charge in [-0.25, -0.2) is 0 Å². The monoisotopic (exact) mass is 279 g/mol. The summed E-state index contributed by atoms with van der Waals surface area (Å²) in [6.45, 7) is 5.33. The molecule has 1 aromatic carbocycles. The van der Waals surface area contributed by atoms with Crippen LogP contribution in [0.5, 0.6) is 17.2 Å². The maximum Gasteiger partial charge on any atom is 0.203 e. The highest BCUT2D eigenvalue weighted by molar-refractivity contribution is 5.59. The molecule has 1 aromatic rings. The van der Waals surface area contributed by atoms with Crippen LogP contribution in [0.4, 0.5) is 0 Å². The minimum Gasteiger partial charge on any atom is -0.493 e. The second-order valence-electron chi connectivity index (χ2n) is 5.69. The molecule has 0 spiro atoms. The summed E-state index contributed by atoms with van der Waals surface area (Å²) in [6.07, 6.45) is 2.18. The topological polar surface area (TPSA) is 39.7 Å². The van der Waals surface area contributed by atoms with Crippen LogP contribution in [0.1, 0.15) is 31.4 Å². The Morgan fingerprint density at radius 1 is 1.15 bits per heavy atom. The number of fused-ring (bicyclic) bond motifs is 1. The highest BCUT2D eigenvalue weighted by Crippen LogP contribution is 2.43. The summed E-state index contributed by atoms with van der Waals surface area (Å²) >= 11 is 0. The first-order valence-corrected chi connectivity index (χ1v) is 7.14. The van der Waals surface area contributed by atoms with Crippen LogP contribution in [-0.2, 0) is 13.0 Å². The Kier molecular flexibility index (Phi) is 4.76. The predicted octanol–water partition coefficient (Wildman–Crippen LogP) is 2.77. The molecule has 0 amide bonds. The third-order valence-corrected chi connectivity index (χ3v) is 3.81. The zero-order chi connectivity index (χ0) is 14.7. The van der Waals surface area contributed by atoms with E-state index in [4.69, 9.17) is 14.2 Å². The molecular formula is C16H25NO3. The number of nitrogens with one attached hydrogen (secondary N) is 1. The molecule has 20 heavy (non-hydrogen) atoms. The van der Waals surface area contributed by atoms with Crippen molar-refractivity contribution in [3.63, 3.8) is 0 Å². The molecule has 1 aliphatic rings. The summed E-state index contributed by atoms with van der Waals surface area (Å²) in [5.41, 5.74) is 2.48. The molecule has 0 saturated carbocycles. The molecule has 0 radical (unpaired) electrons. The van der Waals surface area contributed by atoms with Crippen molar-refractivity contribution in [2.24, 2.45) is 5.92 Å². The highest BCUT2D eigenvalue weighted by Gasteiger charge is 2.26. The van der Waals surface area contributed by atoms with E-state index >= 15 is 0 Å². The van der Waals surface area contributed by atoms with Crippen molar-refractivity contribution in [1.82, 2.24) is 5.32 Å². The van der Waals surface area contributed by atoms with Crippen molar-refractivity contribution < 1.29 is 14.2 Å². The zero-order valence-corrected chi connectivity index (χ0v) is 13.1. The molecule has 0 aliphatic carbocycles. The van der Waals surface area contributed by atoms with Crippen LogP contribution in [0, 0.1) is 5.92 Å². The van der Waals surface area contributed by atoms with Crippen molar-refractivity contribution in [2.75, 3.05) is 21.3 Å². The van der Waals surface area contributed by atoms with Crippen molar-refractivity contribution in [3.8, 4) is 17.2 Å². The molecule has 0 fully saturated rings. The minimum atomic E-state index is 0.519. The third kappa shape index (κ3) is 2.85. The maximum absolute atomic E-state index is 5.55. The van der Waals surface area contributed by atoms with E-state index in [0.29, 0.717) is 17.7 Å². The molecule has 1 heterocycles. The SMILES string of the molecule is COc1cc2c(c(OC)c1OC)CNC(CC(C)C)C2. The molecule has 112 valence electrons. The van der Waals surface area contributed by atoms with Crippen LogP contribution in [-0.4, -0.2) is 27.4 Å². The lowest BCUT2D eigenvalue weighted by atomic mass is 9.90. The summed E-state index contributed by atoms with van der Waals surface area (Å²) in [7, 11) is 4.98. The molecule has 0 aromatic heterocycles. The summed E-state index contributed by atoms with van der Waals surface area (Å²) in [4.78, 5) is 0. The Hall–Kier alpha value is -1.42. The average molecular weight is 279 g/mol. The first kappa shape index (κ1) is 15.0. The fraction of sp³-hybridized carbons (Fsp3) is 0.625. The lowest BCUT2D eigenvalue weighted by molar-refractivity contribution is 0.315. The quantitative estimate of drug-likeness (QED) is 0.899. The van der Waals surface area contributed by atoms with Gasteiger partial charge in [0.15, 0.2) is 11.5 Å². The summed E-state index contributed by atoms with van der Waals surface area (Å²) in [5.74, 6) is 2.90. The lowest BCUT2D eigenvalue weighted by Crippen LogP contribution is -2.36. The Bertz CT molecular complexity index is 471. The Balaban J connectivity index is 2.37. The summed E-state index contributed by atoms with van der Waals surface area (Å²) in [6, 6.07) is 2.61. The van der Waals surface area contributed by atoms with Crippen LogP contribution < -0.4 is 19.5 Å². The standard InChI is InChI=1S/C16H25NO3/c1-10(2)6-12-7-11-8-14(18-3)16(20-5)15(19-4)13(11)9-17-12/h8,10,12,17H,6-7,9H2,1-5H3. The Labute approximate surface area is 121 Å². The van der Waals surface area contributed by atoms with Gasteiger partial charge in [0.2, 0.25) is 5.75 Å². The summed E-state index contributed by atoms with van der Waals surface area (Å²) in [5, 5.41) is 3.59. The van der Waals surface area contributed by atoms with Gasteiger partial charge < -0.3 is 19.5 Å². The normalized spacial score (nSPS) is 17.8. The van der Waals surface area contributed by atoms with Gasteiger partial charge in [0.05, 0.1) is 21.3 Å². The molecule has 0 bridgehead atoms.